The number of benzene rings is 3. The lowest BCUT2D eigenvalue weighted by atomic mass is 10.1. The van der Waals surface area contributed by atoms with Crippen LogP contribution in [-0.4, -0.2) is 17.9 Å². The van der Waals surface area contributed by atoms with E-state index in [0.29, 0.717) is 28.3 Å². The number of rotatable bonds is 8. The second-order valence-electron chi connectivity index (χ2n) is 7.08. The number of nitro benzene ring substituents is 1. The average Bonchev–Trinajstić information content (AvgIpc) is 2.82. The van der Waals surface area contributed by atoms with E-state index in [4.69, 9.17) is 9.47 Å². The van der Waals surface area contributed by atoms with Gasteiger partial charge in [-0.15, -0.1) is 0 Å². The molecule has 0 saturated carbocycles. The SMILES string of the molecule is COc1cccc(/C=C(/C#N)C(=O)Nc2ccc(C)cc2)c1OCc1ccc([N+](=O)[O-])cc1. The minimum Gasteiger partial charge on any atom is -0.493 e. The van der Waals surface area contributed by atoms with E-state index < -0.39 is 10.8 Å². The molecule has 0 aromatic heterocycles. The van der Waals surface area contributed by atoms with Crippen LogP contribution in [0.5, 0.6) is 11.5 Å². The second kappa shape index (κ2) is 10.6. The summed E-state index contributed by atoms with van der Waals surface area (Å²) in [6, 6.07) is 20.2. The highest BCUT2D eigenvalue weighted by molar-refractivity contribution is 6.09. The molecule has 3 rings (SSSR count). The summed E-state index contributed by atoms with van der Waals surface area (Å²) in [6.45, 7) is 2.05. The lowest BCUT2D eigenvalue weighted by Crippen LogP contribution is -2.13. The van der Waals surface area contributed by atoms with Crippen LogP contribution in [0.2, 0.25) is 0 Å². The Balaban J connectivity index is 1.84. The van der Waals surface area contributed by atoms with E-state index >= 15 is 0 Å². The molecule has 8 heteroatoms. The molecular formula is C25H21N3O5. The van der Waals surface area contributed by atoms with Crippen LogP contribution in [0.25, 0.3) is 6.08 Å². The first-order valence-electron chi connectivity index (χ1n) is 9.94. The van der Waals surface area contributed by atoms with Crippen LogP contribution < -0.4 is 14.8 Å². The Labute approximate surface area is 190 Å². The lowest BCUT2D eigenvalue weighted by Gasteiger charge is -2.14. The van der Waals surface area contributed by atoms with Gasteiger partial charge in [-0.3, -0.25) is 14.9 Å². The van der Waals surface area contributed by atoms with Gasteiger partial charge in [0, 0.05) is 23.4 Å². The molecule has 8 nitrogen and oxygen atoms in total. The number of para-hydroxylation sites is 1. The van der Waals surface area contributed by atoms with Gasteiger partial charge in [0.15, 0.2) is 11.5 Å². The summed E-state index contributed by atoms with van der Waals surface area (Å²) in [5, 5.41) is 23.1. The van der Waals surface area contributed by atoms with Crippen LogP contribution in [0.1, 0.15) is 16.7 Å². The molecule has 0 atom stereocenters. The number of amides is 1. The number of carbonyl (C=O) groups is 1. The number of nitriles is 1. The molecule has 33 heavy (non-hydrogen) atoms. The van der Waals surface area contributed by atoms with Crippen molar-refractivity contribution in [1.29, 1.82) is 5.26 Å². The lowest BCUT2D eigenvalue weighted by molar-refractivity contribution is -0.384. The van der Waals surface area contributed by atoms with Gasteiger partial charge in [0.05, 0.1) is 12.0 Å². The van der Waals surface area contributed by atoms with Gasteiger partial charge < -0.3 is 14.8 Å². The topological polar surface area (TPSA) is 114 Å². The Kier molecular flexibility index (Phi) is 7.39. The average molecular weight is 443 g/mol. The van der Waals surface area contributed by atoms with Crippen LogP contribution in [0.3, 0.4) is 0 Å². The molecule has 0 radical (unpaired) electrons. The molecule has 0 aliphatic carbocycles. The van der Waals surface area contributed by atoms with Crippen LogP contribution in [0.15, 0.2) is 72.3 Å². The molecule has 0 spiro atoms. The van der Waals surface area contributed by atoms with Crippen molar-refractivity contribution in [1.82, 2.24) is 0 Å². The minimum absolute atomic E-state index is 0.0158. The smallest absolute Gasteiger partial charge is 0.269 e. The minimum atomic E-state index is -0.550. The van der Waals surface area contributed by atoms with E-state index in [1.807, 2.05) is 25.1 Å². The fraction of sp³-hybridized carbons (Fsp3) is 0.120. The first-order valence-corrected chi connectivity index (χ1v) is 9.94. The Morgan fingerprint density at radius 2 is 1.82 bits per heavy atom. The first kappa shape index (κ1) is 23.0. The molecule has 1 N–H and O–H groups in total. The Hall–Kier alpha value is -4.64. The molecule has 0 bridgehead atoms. The van der Waals surface area contributed by atoms with Gasteiger partial charge in [0.2, 0.25) is 0 Å². The number of nitrogens with one attached hydrogen (secondary N) is 1. The molecule has 3 aromatic rings. The predicted octanol–water partition coefficient (Wildman–Crippen LogP) is 5.04. The van der Waals surface area contributed by atoms with Crippen molar-refractivity contribution >= 4 is 23.4 Å². The van der Waals surface area contributed by atoms with Gasteiger partial charge in [0.25, 0.3) is 11.6 Å². The summed E-state index contributed by atoms with van der Waals surface area (Å²) in [4.78, 5) is 23.0. The molecule has 0 unspecified atom stereocenters. The third kappa shape index (κ3) is 5.95. The molecule has 0 aliphatic rings. The first-order chi connectivity index (χ1) is 15.9. The molecule has 0 heterocycles. The van der Waals surface area contributed by atoms with Crippen molar-refractivity contribution in [3.05, 3.63) is 99.1 Å². The van der Waals surface area contributed by atoms with Crippen LogP contribution in [0.4, 0.5) is 11.4 Å². The molecule has 0 fully saturated rings. The monoisotopic (exact) mass is 443 g/mol. The van der Waals surface area contributed by atoms with Crippen molar-refractivity contribution in [3.63, 3.8) is 0 Å². The summed E-state index contributed by atoms with van der Waals surface area (Å²) in [5.41, 5.74) is 2.69. The number of non-ortho nitro benzene ring substituents is 1. The van der Waals surface area contributed by atoms with Crippen molar-refractivity contribution in [3.8, 4) is 17.6 Å². The maximum atomic E-state index is 12.6. The number of hydrogen-bond donors (Lipinski definition) is 1. The number of aryl methyl sites for hydroxylation is 1. The van der Waals surface area contributed by atoms with Crippen LogP contribution in [-0.2, 0) is 11.4 Å². The van der Waals surface area contributed by atoms with E-state index in [9.17, 15) is 20.2 Å². The number of hydrogen-bond acceptors (Lipinski definition) is 6. The second-order valence-corrected chi connectivity index (χ2v) is 7.08. The van der Waals surface area contributed by atoms with E-state index in [1.165, 1.54) is 25.3 Å². The quantitative estimate of drug-likeness (QED) is 0.226. The molecule has 166 valence electrons. The number of anilines is 1. The molecule has 0 saturated heterocycles. The van der Waals surface area contributed by atoms with Gasteiger partial charge in [-0.2, -0.15) is 5.26 Å². The summed E-state index contributed by atoms with van der Waals surface area (Å²) < 4.78 is 11.3. The normalized spacial score (nSPS) is 10.8. The standard InChI is InChI=1S/C25H21N3O5/c1-17-6-10-21(11-7-17)27-25(29)20(15-26)14-19-4-3-5-23(32-2)24(19)33-16-18-8-12-22(13-9-18)28(30)31/h3-14H,16H2,1-2H3,(H,27,29)/b20-14-. The van der Waals surface area contributed by atoms with Crippen molar-refractivity contribution in [2.24, 2.45) is 0 Å². The van der Waals surface area contributed by atoms with Gasteiger partial charge in [0.1, 0.15) is 18.2 Å². The van der Waals surface area contributed by atoms with Crippen LogP contribution >= 0.6 is 0 Å². The van der Waals surface area contributed by atoms with Crippen molar-refractivity contribution < 1.29 is 19.2 Å². The fourth-order valence-corrected chi connectivity index (χ4v) is 2.97. The third-order valence-electron chi connectivity index (χ3n) is 4.73. The number of nitro groups is 1. The highest BCUT2D eigenvalue weighted by Crippen LogP contribution is 2.33. The maximum Gasteiger partial charge on any atom is 0.269 e. The van der Waals surface area contributed by atoms with Gasteiger partial charge >= 0.3 is 0 Å². The maximum absolute atomic E-state index is 12.6. The van der Waals surface area contributed by atoms with Gasteiger partial charge in [-0.05, 0) is 48.9 Å². The van der Waals surface area contributed by atoms with E-state index in [0.717, 1.165) is 5.56 Å². The number of methoxy groups -OCH3 is 1. The summed E-state index contributed by atoms with van der Waals surface area (Å²) in [5.74, 6) is 0.210. The zero-order valence-corrected chi connectivity index (χ0v) is 18.1. The van der Waals surface area contributed by atoms with E-state index in [1.54, 1.807) is 42.5 Å². The molecule has 3 aromatic carbocycles. The Morgan fingerprint density at radius 3 is 2.42 bits per heavy atom. The summed E-state index contributed by atoms with van der Waals surface area (Å²) >= 11 is 0. The number of ether oxygens (including phenoxy) is 2. The molecule has 0 aliphatic heterocycles. The molecular weight excluding hydrogens is 422 g/mol. The van der Waals surface area contributed by atoms with Gasteiger partial charge in [-0.25, -0.2) is 0 Å². The largest absolute Gasteiger partial charge is 0.493 e. The zero-order valence-electron chi connectivity index (χ0n) is 18.1. The zero-order chi connectivity index (χ0) is 23.8. The summed E-state index contributed by atoms with van der Waals surface area (Å²) in [6.07, 6.45) is 1.43. The third-order valence-corrected chi connectivity index (χ3v) is 4.73. The fourth-order valence-electron chi connectivity index (χ4n) is 2.97. The molecule has 1 amide bonds. The number of carbonyl (C=O) groups excluding carboxylic acids is 1. The Bertz CT molecular complexity index is 1230. The predicted molar refractivity (Wildman–Crippen MR) is 124 cm³/mol. The van der Waals surface area contributed by atoms with E-state index in [2.05, 4.69) is 5.32 Å². The highest BCUT2D eigenvalue weighted by atomic mass is 16.6. The van der Waals surface area contributed by atoms with Crippen LogP contribution in [0, 0.1) is 28.4 Å². The van der Waals surface area contributed by atoms with Crippen molar-refractivity contribution in [2.45, 2.75) is 13.5 Å². The van der Waals surface area contributed by atoms with E-state index in [-0.39, 0.29) is 17.9 Å². The number of nitrogens with zero attached hydrogens (tertiary/aromatic N) is 2. The van der Waals surface area contributed by atoms with Gasteiger partial charge in [-0.1, -0.05) is 29.8 Å². The highest BCUT2D eigenvalue weighted by Gasteiger charge is 2.15. The van der Waals surface area contributed by atoms with Crippen molar-refractivity contribution in [2.75, 3.05) is 12.4 Å². The summed E-state index contributed by atoms with van der Waals surface area (Å²) in [7, 11) is 1.48. The Morgan fingerprint density at radius 1 is 1.12 bits per heavy atom.